The first kappa shape index (κ1) is 11.8. The number of ether oxygens (including phenoxy) is 1. The molecule has 0 fully saturated rings. The third-order valence-corrected chi connectivity index (χ3v) is 3.62. The molecule has 0 unspecified atom stereocenters. The standard InChI is InChI=1S/C17H17NO/c1-18-15(11-13-7-3-5-9-16(13)18)12-14-8-4-6-10-17(14)19-2/h3-11H,12H2,1-2H3. The summed E-state index contributed by atoms with van der Waals surface area (Å²) >= 11 is 0. The molecule has 0 aliphatic rings. The van der Waals surface area contributed by atoms with E-state index < -0.39 is 0 Å². The molecule has 2 nitrogen and oxygen atoms in total. The number of rotatable bonds is 3. The molecule has 3 rings (SSSR count). The lowest BCUT2D eigenvalue weighted by molar-refractivity contribution is 0.410. The van der Waals surface area contributed by atoms with Gasteiger partial charge in [0, 0.05) is 24.7 Å². The van der Waals surface area contributed by atoms with E-state index in [1.807, 2.05) is 12.1 Å². The molecule has 19 heavy (non-hydrogen) atoms. The highest BCUT2D eigenvalue weighted by molar-refractivity contribution is 5.81. The van der Waals surface area contributed by atoms with Gasteiger partial charge in [-0.25, -0.2) is 0 Å². The number of benzene rings is 2. The van der Waals surface area contributed by atoms with Crippen LogP contribution < -0.4 is 4.74 Å². The minimum atomic E-state index is 0.884. The number of aryl methyl sites for hydroxylation is 1. The third kappa shape index (κ3) is 2.10. The van der Waals surface area contributed by atoms with Crippen LogP contribution >= 0.6 is 0 Å². The van der Waals surface area contributed by atoms with Crippen LogP contribution in [0.5, 0.6) is 5.75 Å². The second-order valence-electron chi connectivity index (χ2n) is 4.74. The van der Waals surface area contributed by atoms with Gasteiger partial charge in [-0.15, -0.1) is 0 Å². The first-order valence-corrected chi connectivity index (χ1v) is 6.45. The van der Waals surface area contributed by atoms with Gasteiger partial charge in [0.15, 0.2) is 0 Å². The lowest BCUT2D eigenvalue weighted by Crippen LogP contribution is -1.99. The molecular weight excluding hydrogens is 234 g/mol. The summed E-state index contributed by atoms with van der Waals surface area (Å²) in [5.41, 5.74) is 3.79. The predicted molar refractivity (Wildman–Crippen MR) is 78.7 cm³/mol. The van der Waals surface area contributed by atoms with E-state index in [4.69, 9.17) is 4.74 Å². The predicted octanol–water partition coefficient (Wildman–Crippen LogP) is 3.78. The summed E-state index contributed by atoms with van der Waals surface area (Å²) in [6.45, 7) is 0. The molecule has 1 aromatic heterocycles. The van der Waals surface area contributed by atoms with Crippen LogP contribution in [0.15, 0.2) is 54.6 Å². The average molecular weight is 251 g/mol. The Hall–Kier alpha value is -2.22. The summed E-state index contributed by atoms with van der Waals surface area (Å²) in [7, 11) is 3.84. The Labute approximate surface area is 113 Å². The molecule has 2 aromatic carbocycles. The zero-order valence-electron chi connectivity index (χ0n) is 11.3. The molecule has 2 heteroatoms. The van der Waals surface area contributed by atoms with Crippen molar-refractivity contribution >= 4 is 10.9 Å². The van der Waals surface area contributed by atoms with Crippen molar-refractivity contribution in [2.24, 2.45) is 7.05 Å². The fourth-order valence-corrected chi connectivity index (χ4v) is 2.56. The molecule has 96 valence electrons. The van der Waals surface area contributed by atoms with Gasteiger partial charge < -0.3 is 9.30 Å². The number of methoxy groups -OCH3 is 1. The van der Waals surface area contributed by atoms with E-state index in [2.05, 4.69) is 54.1 Å². The highest BCUT2D eigenvalue weighted by atomic mass is 16.5. The van der Waals surface area contributed by atoms with Crippen LogP contribution in [0.4, 0.5) is 0 Å². The Balaban J connectivity index is 2.03. The number of fused-ring (bicyclic) bond motifs is 1. The topological polar surface area (TPSA) is 14.2 Å². The minimum absolute atomic E-state index is 0.884. The van der Waals surface area contributed by atoms with Gasteiger partial charge in [0.25, 0.3) is 0 Å². The fraction of sp³-hybridized carbons (Fsp3) is 0.176. The molecular formula is C17H17NO. The van der Waals surface area contributed by atoms with Crippen molar-refractivity contribution in [3.05, 3.63) is 65.9 Å². The molecule has 0 atom stereocenters. The number of para-hydroxylation sites is 2. The van der Waals surface area contributed by atoms with Crippen molar-refractivity contribution in [1.29, 1.82) is 0 Å². The van der Waals surface area contributed by atoms with Crippen molar-refractivity contribution in [1.82, 2.24) is 4.57 Å². The molecule has 0 radical (unpaired) electrons. The van der Waals surface area contributed by atoms with Gasteiger partial charge in [0.05, 0.1) is 7.11 Å². The van der Waals surface area contributed by atoms with E-state index in [0.29, 0.717) is 0 Å². The molecule has 0 bridgehead atoms. The lowest BCUT2D eigenvalue weighted by Gasteiger charge is -2.09. The van der Waals surface area contributed by atoms with Crippen LogP contribution in [0.2, 0.25) is 0 Å². The molecule has 0 aliphatic carbocycles. The molecule has 0 amide bonds. The van der Waals surface area contributed by atoms with Gasteiger partial charge in [-0.1, -0.05) is 36.4 Å². The second-order valence-corrected chi connectivity index (χ2v) is 4.74. The van der Waals surface area contributed by atoms with Gasteiger partial charge in [0.2, 0.25) is 0 Å². The molecule has 0 saturated carbocycles. The van der Waals surface area contributed by atoms with Crippen molar-refractivity contribution < 1.29 is 4.74 Å². The quantitative estimate of drug-likeness (QED) is 0.691. The van der Waals surface area contributed by atoms with E-state index in [0.717, 1.165) is 12.2 Å². The SMILES string of the molecule is COc1ccccc1Cc1cc2ccccc2n1C. The van der Waals surface area contributed by atoms with Crippen LogP contribution in [0.3, 0.4) is 0 Å². The van der Waals surface area contributed by atoms with Crippen molar-refractivity contribution in [3.63, 3.8) is 0 Å². The fourth-order valence-electron chi connectivity index (χ4n) is 2.56. The lowest BCUT2D eigenvalue weighted by atomic mass is 10.1. The van der Waals surface area contributed by atoms with Crippen LogP contribution in [0.1, 0.15) is 11.3 Å². The summed E-state index contributed by atoms with van der Waals surface area (Å²) in [5.74, 6) is 0.952. The molecule has 0 spiro atoms. The summed E-state index contributed by atoms with van der Waals surface area (Å²) < 4.78 is 7.67. The minimum Gasteiger partial charge on any atom is -0.496 e. The van der Waals surface area contributed by atoms with Gasteiger partial charge in [-0.3, -0.25) is 0 Å². The normalized spacial score (nSPS) is 10.8. The molecule has 3 aromatic rings. The van der Waals surface area contributed by atoms with E-state index in [1.165, 1.54) is 22.2 Å². The van der Waals surface area contributed by atoms with Crippen LogP contribution in [-0.2, 0) is 13.5 Å². The maximum Gasteiger partial charge on any atom is 0.122 e. The van der Waals surface area contributed by atoms with Gasteiger partial charge in [0.1, 0.15) is 5.75 Å². The van der Waals surface area contributed by atoms with Crippen molar-refractivity contribution in [2.45, 2.75) is 6.42 Å². The Morgan fingerprint density at radius 3 is 2.53 bits per heavy atom. The highest BCUT2D eigenvalue weighted by Crippen LogP contribution is 2.24. The van der Waals surface area contributed by atoms with Gasteiger partial charge >= 0.3 is 0 Å². The van der Waals surface area contributed by atoms with Crippen LogP contribution in [0, 0.1) is 0 Å². The summed E-state index contributed by atoms with van der Waals surface area (Å²) in [5, 5.41) is 1.29. The van der Waals surface area contributed by atoms with E-state index in [9.17, 15) is 0 Å². The van der Waals surface area contributed by atoms with Gasteiger partial charge in [-0.2, -0.15) is 0 Å². The zero-order chi connectivity index (χ0) is 13.2. The molecule has 0 aliphatic heterocycles. The van der Waals surface area contributed by atoms with E-state index >= 15 is 0 Å². The molecule has 1 heterocycles. The Morgan fingerprint density at radius 2 is 1.74 bits per heavy atom. The monoisotopic (exact) mass is 251 g/mol. The summed E-state index contributed by atoms with van der Waals surface area (Å²) in [4.78, 5) is 0. The summed E-state index contributed by atoms with van der Waals surface area (Å²) in [6, 6.07) is 18.9. The zero-order valence-corrected chi connectivity index (χ0v) is 11.3. The van der Waals surface area contributed by atoms with Crippen molar-refractivity contribution in [2.75, 3.05) is 7.11 Å². The van der Waals surface area contributed by atoms with E-state index in [-0.39, 0.29) is 0 Å². The number of hydrogen-bond donors (Lipinski definition) is 0. The average Bonchev–Trinajstić information content (AvgIpc) is 2.77. The maximum atomic E-state index is 5.42. The Kier molecular flexibility index (Phi) is 3.00. The maximum absolute atomic E-state index is 5.42. The van der Waals surface area contributed by atoms with Gasteiger partial charge in [-0.05, 0) is 29.1 Å². The number of aromatic nitrogens is 1. The Bertz CT molecular complexity index is 712. The molecule has 0 saturated heterocycles. The third-order valence-electron chi connectivity index (χ3n) is 3.62. The van der Waals surface area contributed by atoms with Crippen LogP contribution in [0.25, 0.3) is 10.9 Å². The number of hydrogen-bond acceptors (Lipinski definition) is 1. The first-order valence-electron chi connectivity index (χ1n) is 6.45. The van der Waals surface area contributed by atoms with Crippen molar-refractivity contribution in [3.8, 4) is 5.75 Å². The first-order chi connectivity index (χ1) is 9.29. The van der Waals surface area contributed by atoms with Crippen LogP contribution in [-0.4, -0.2) is 11.7 Å². The Morgan fingerprint density at radius 1 is 1.00 bits per heavy atom. The molecule has 0 N–H and O–H groups in total. The summed E-state index contributed by atoms with van der Waals surface area (Å²) in [6.07, 6.45) is 0.884. The number of nitrogens with zero attached hydrogens (tertiary/aromatic N) is 1. The van der Waals surface area contributed by atoms with E-state index in [1.54, 1.807) is 7.11 Å². The highest BCUT2D eigenvalue weighted by Gasteiger charge is 2.08. The largest absolute Gasteiger partial charge is 0.496 e. The smallest absolute Gasteiger partial charge is 0.122 e. The second kappa shape index (κ2) is 4.81.